The molecule has 27 heavy (non-hydrogen) atoms. The molecule has 0 saturated heterocycles. The number of fused-ring (bicyclic) bond motifs is 2. The third-order valence-electron chi connectivity index (χ3n) is 4.85. The zero-order valence-corrected chi connectivity index (χ0v) is 15.7. The molecule has 2 aromatic carbocycles. The highest BCUT2D eigenvalue weighted by atomic mass is 16.5. The van der Waals surface area contributed by atoms with Crippen LogP contribution >= 0.6 is 0 Å². The van der Waals surface area contributed by atoms with Crippen molar-refractivity contribution in [1.29, 1.82) is 0 Å². The summed E-state index contributed by atoms with van der Waals surface area (Å²) >= 11 is 0. The van der Waals surface area contributed by atoms with Gasteiger partial charge in [-0.2, -0.15) is 0 Å². The second-order valence-electron chi connectivity index (χ2n) is 6.73. The maximum Gasteiger partial charge on any atom is 0.338 e. The molecule has 3 aromatic rings. The van der Waals surface area contributed by atoms with Crippen LogP contribution in [0.4, 0.5) is 0 Å². The van der Waals surface area contributed by atoms with Crippen molar-refractivity contribution >= 4 is 16.9 Å². The summed E-state index contributed by atoms with van der Waals surface area (Å²) in [4.78, 5) is 17.3. The Morgan fingerprint density at radius 3 is 2.78 bits per heavy atom. The highest BCUT2D eigenvalue weighted by molar-refractivity contribution is 5.93. The summed E-state index contributed by atoms with van der Waals surface area (Å²) in [6.07, 6.45) is 1.84. The Morgan fingerprint density at radius 1 is 1.15 bits per heavy atom. The largest absolute Gasteiger partial charge is 0.463 e. The van der Waals surface area contributed by atoms with Crippen LogP contribution in [0.5, 0.6) is 5.75 Å². The average molecular weight is 359 g/mol. The summed E-state index contributed by atoms with van der Waals surface area (Å²) in [6, 6.07) is 16.1. The number of hydrogen-bond acceptors (Lipinski definition) is 4. The molecular formula is C23H21NO3. The number of carbonyl (C=O) groups is 1. The summed E-state index contributed by atoms with van der Waals surface area (Å²) in [5, 5.41) is 1.04. The number of pyridine rings is 1. The highest BCUT2D eigenvalue weighted by Crippen LogP contribution is 2.44. The molecule has 4 rings (SSSR count). The zero-order chi connectivity index (χ0) is 19.0. The first-order valence-electron chi connectivity index (χ1n) is 9.09. The van der Waals surface area contributed by atoms with Gasteiger partial charge in [-0.1, -0.05) is 30.3 Å². The third-order valence-corrected chi connectivity index (χ3v) is 4.85. The lowest BCUT2D eigenvalue weighted by Crippen LogP contribution is -2.23. The summed E-state index contributed by atoms with van der Waals surface area (Å²) in [5.74, 6) is 0.730. The molecule has 0 radical (unpaired) electrons. The fourth-order valence-electron chi connectivity index (χ4n) is 3.61. The molecule has 0 amide bonds. The van der Waals surface area contributed by atoms with Crippen molar-refractivity contribution in [2.75, 3.05) is 6.61 Å². The molecule has 136 valence electrons. The number of aromatic nitrogens is 1. The van der Waals surface area contributed by atoms with Crippen molar-refractivity contribution in [1.82, 2.24) is 4.98 Å². The smallest absolute Gasteiger partial charge is 0.338 e. The van der Waals surface area contributed by atoms with Crippen LogP contribution < -0.4 is 4.74 Å². The Bertz CT molecular complexity index is 1070. The molecule has 0 fully saturated rings. The number of esters is 1. The normalized spacial score (nSPS) is 16.0. The Morgan fingerprint density at radius 2 is 1.96 bits per heavy atom. The summed E-state index contributed by atoms with van der Waals surface area (Å²) < 4.78 is 11.3. The predicted octanol–water partition coefficient (Wildman–Crippen LogP) is 4.90. The van der Waals surface area contributed by atoms with E-state index in [2.05, 4.69) is 11.1 Å². The maximum absolute atomic E-state index is 12.8. The van der Waals surface area contributed by atoms with Gasteiger partial charge in [-0.05, 0) is 50.1 Å². The lowest BCUT2D eigenvalue weighted by Gasteiger charge is -2.29. The molecule has 1 aliphatic heterocycles. The molecule has 1 unspecified atom stereocenters. The van der Waals surface area contributed by atoms with Crippen molar-refractivity contribution in [2.24, 2.45) is 0 Å². The van der Waals surface area contributed by atoms with E-state index in [1.165, 1.54) is 0 Å². The molecule has 0 saturated carbocycles. The van der Waals surface area contributed by atoms with Crippen LogP contribution in [0.15, 0.2) is 66.1 Å². The number of hydrogen-bond donors (Lipinski definition) is 0. The van der Waals surface area contributed by atoms with Crippen LogP contribution in [0, 0.1) is 6.92 Å². The molecule has 1 atom stereocenters. The lowest BCUT2D eigenvalue weighted by atomic mass is 9.82. The van der Waals surface area contributed by atoms with Crippen LogP contribution in [0.3, 0.4) is 0 Å². The van der Waals surface area contributed by atoms with Crippen LogP contribution in [0.1, 0.15) is 36.5 Å². The second-order valence-corrected chi connectivity index (χ2v) is 6.73. The molecular weight excluding hydrogens is 338 g/mol. The first kappa shape index (κ1) is 17.3. The van der Waals surface area contributed by atoms with Crippen molar-refractivity contribution in [3.8, 4) is 5.75 Å². The standard InChI is InChI=1S/C23H21NO3/c1-4-26-23(25)21-15(3)27-20-11-14(2)9-10-18(20)22(21)17-12-16-7-5-6-8-19(16)24-13-17/h5-13,22H,4H2,1-3H3. The van der Waals surface area contributed by atoms with Gasteiger partial charge in [-0.25, -0.2) is 4.79 Å². The van der Waals surface area contributed by atoms with Gasteiger partial charge in [0, 0.05) is 23.1 Å². The number of rotatable bonds is 3. The minimum Gasteiger partial charge on any atom is -0.463 e. The fourth-order valence-corrected chi connectivity index (χ4v) is 3.61. The Hall–Kier alpha value is -3.14. The minimum atomic E-state index is -0.348. The second kappa shape index (κ2) is 6.88. The van der Waals surface area contributed by atoms with Gasteiger partial charge in [-0.3, -0.25) is 4.98 Å². The van der Waals surface area contributed by atoms with Gasteiger partial charge in [0.05, 0.1) is 17.7 Å². The van der Waals surface area contributed by atoms with E-state index in [-0.39, 0.29) is 11.9 Å². The van der Waals surface area contributed by atoms with E-state index in [4.69, 9.17) is 9.47 Å². The van der Waals surface area contributed by atoms with Gasteiger partial charge >= 0.3 is 5.97 Å². The van der Waals surface area contributed by atoms with Gasteiger partial charge < -0.3 is 9.47 Å². The number of allylic oxidation sites excluding steroid dienone is 1. The van der Waals surface area contributed by atoms with Crippen LogP contribution in [0.2, 0.25) is 0 Å². The summed E-state index contributed by atoms with van der Waals surface area (Å²) in [7, 11) is 0. The van der Waals surface area contributed by atoms with E-state index in [1.807, 2.05) is 62.5 Å². The molecule has 4 heteroatoms. The molecule has 0 N–H and O–H groups in total. The van der Waals surface area contributed by atoms with Crippen molar-refractivity contribution in [2.45, 2.75) is 26.7 Å². The van der Waals surface area contributed by atoms with Crippen molar-refractivity contribution in [3.63, 3.8) is 0 Å². The molecule has 4 nitrogen and oxygen atoms in total. The highest BCUT2D eigenvalue weighted by Gasteiger charge is 2.35. The monoisotopic (exact) mass is 359 g/mol. The van der Waals surface area contributed by atoms with Crippen molar-refractivity contribution < 1.29 is 14.3 Å². The number of carbonyl (C=O) groups excluding carboxylic acids is 1. The molecule has 0 aliphatic carbocycles. The van der Waals surface area contributed by atoms with Gasteiger partial charge in [0.1, 0.15) is 11.5 Å². The van der Waals surface area contributed by atoms with Gasteiger partial charge in [0.25, 0.3) is 0 Å². The molecule has 1 aromatic heterocycles. The number of aryl methyl sites for hydroxylation is 1. The third kappa shape index (κ3) is 3.08. The van der Waals surface area contributed by atoms with E-state index < -0.39 is 0 Å². The first-order chi connectivity index (χ1) is 13.1. The van der Waals surface area contributed by atoms with Crippen LogP contribution in [-0.2, 0) is 9.53 Å². The SMILES string of the molecule is CCOC(=O)C1=C(C)Oc2cc(C)ccc2C1c1cnc2ccccc2c1. The number of para-hydroxylation sites is 1. The van der Waals surface area contributed by atoms with E-state index >= 15 is 0 Å². The minimum absolute atomic E-state index is 0.273. The quantitative estimate of drug-likeness (QED) is 0.624. The van der Waals surface area contributed by atoms with E-state index in [9.17, 15) is 4.79 Å². The van der Waals surface area contributed by atoms with Crippen molar-refractivity contribution in [3.05, 3.63) is 82.8 Å². The number of ether oxygens (including phenoxy) is 2. The maximum atomic E-state index is 12.8. The molecule has 0 spiro atoms. The van der Waals surface area contributed by atoms with Gasteiger partial charge in [-0.15, -0.1) is 0 Å². The summed E-state index contributed by atoms with van der Waals surface area (Å²) in [6.45, 7) is 5.97. The Kier molecular flexibility index (Phi) is 4.40. The first-order valence-corrected chi connectivity index (χ1v) is 9.09. The van der Waals surface area contributed by atoms with E-state index in [0.717, 1.165) is 33.3 Å². The predicted molar refractivity (Wildman–Crippen MR) is 105 cm³/mol. The Balaban J connectivity index is 1.93. The summed E-state index contributed by atoms with van der Waals surface area (Å²) in [5.41, 5.74) is 4.47. The van der Waals surface area contributed by atoms with Gasteiger partial charge in [0.2, 0.25) is 0 Å². The molecule has 2 heterocycles. The number of nitrogens with zero attached hydrogens (tertiary/aromatic N) is 1. The van der Waals surface area contributed by atoms with E-state index in [0.29, 0.717) is 17.9 Å². The van der Waals surface area contributed by atoms with Crippen LogP contribution in [-0.4, -0.2) is 17.6 Å². The lowest BCUT2D eigenvalue weighted by molar-refractivity contribution is -0.139. The molecule has 1 aliphatic rings. The van der Waals surface area contributed by atoms with Crippen LogP contribution in [0.25, 0.3) is 10.9 Å². The van der Waals surface area contributed by atoms with Gasteiger partial charge in [0.15, 0.2) is 0 Å². The number of benzene rings is 2. The average Bonchev–Trinajstić information content (AvgIpc) is 2.66. The van der Waals surface area contributed by atoms with E-state index in [1.54, 1.807) is 6.92 Å². The zero-order valence-electron chi connectivity index (χ0n) is 15.7. The Labute approximate surface area is 158 Å². The topological polar surface area (TPSA) is 48.4 Å². The fraction of sp³-hybridized carbons (Fsp3) is 0.217. The molecule has 0 bridgehead atoms.